The van der Waals surface area contributed by atoms with E-state index in [2.05, 4.69) is 14.6 Å². The highest BCUT2D eigenvalue weighted by atomic mass is 19.3. The van der Waals surface area contributed by atoms with E-state index in [1.165, 1.54) is 0 Å². The van der Waals surface area contributed by atoms with Gasteiger partial charge in [-0.25, -0.2) is 8.78 Å². The zero-order valence-electron chi connectivity index (χ0n) is 21.9. The molecule has 2 aromatic heterocycles. The number of ether oxygens (including phenoxy) is 1. The third-order valence-electron chi connectivity index (χ3n) is 8.11. The number of alkyl halides is 2. The van der Waals surface area contributed by atoms with Crippen molar-refractivity contribution in [3.8, 4) is 11.1 Å². The van der Waals surface area contributed by atoms with E-state index < -0.39 is 6.43 Å². The number of anilines is 2. The van der Waals surface area contributed by atoms with Crippen LogP contribution in [0.25, 0.3) is 11.1 Å². The van der Waals surface area contributed by atoms with Crippen LogP contribution in [-0.4, -0.2) is 51.9 Å². The fourth-order valence-electron chi connectivity index (χ4n) is 6.16. The molecule has 1 amide bonds. The second-order valence-electron chi connectivity index (χ2n) is 10.5. The number of carbonyl (C=O) groups is 1. The number of aryl methyl sites for hydroxylation is 2. The molecule has 0 saturated carbocycles. The third-order valence-corrected chi connectivity index (χ3v) is 8.11. The SMILES string of the molecule is CC(=O)N1CCc2c(c(N3CCCc4cc(-c5ccnc(C)c5)c(C(F)F)cc43)nn2C2CCOCC2)C1. The molecule has 3 aliphatic rings. The first-order valence-corrected chi connectivity index (χ1v) is 13.5. The molecule has 3 aromatic rings. The van der Waals surface area contributed by atoms with Crippen LogP contribution >= 0.6 is 0 Å². The van der Waals surface area contributed by atoms with Crippen molar-refractivity contribution in [3.63, 3.8) is 0 Å². The van der Waals surface area contributed by atoms with Crippen molar-refractivity contribution < 1.29 is 18.3 Å². The zero-order valence-corrected chi connectivity index (χ0v) is 21.9. The Morgan fingerprint density at radius 2 is 1.95 bits per heavy atom. The number of amides is 1. The summed E-state index contributed by atoms with van der Waals surface area (Å²) < 4.78 is 36.7. The van der Waals surface area contributed by atoms with Gasteiger partial charge in [0.15, 0.2) is 5.82 Å². The Balaban J connectivity index is 1.47. The quantitative estimate of drug-likeness (QED) is 0.452. The van der Waals surface area contributed by atoms with E-state index in [4.69, 9.17) is 9.84 Å². The Bertz CT molecular complexity index is 1370. The lowest BCUT2D eigenvalue weighted by Gasteiger charge is -2.33. The Labute approximate surface area is 221 Å². The number of aromatic nitrogens is 3. The van der Waals surface area contributed by atoms with Gasteiger partial charge in [-0.2, -0.15) is 5.10 Å². The molecule has 0 N–H and O–H groups in total. The summed E-state index contributed by atoms with van der Waals surface area (Å²) in [6, 6.07) is 7.49. The van der Waals surface area contributed by atoms with Crippen molar-refractivity contribution in [1.82, 2.24) is 19.7 Å². The topological polar surface area (TPSA) is 63.5 Å². The molecule has 38 heavy (non-hydrogen) atoms. The first kappa shape index (κ1) is 25.0. The number of benzene rings is 1. The van der Waals surface area contributed by atoms with Crippen LogP contribution in [0.1, 0.15) is 66.7 Å². The molecule has 200 valence electrons. The number of hydrogen-bond donors (Lipinski definition) is 0. The van der Waals surface area contributed by atoms with Gasteiger partial charge in [0.2, 0.25) is 5.91 Å². The Kier molecular flexibility index (Phi) is 6.63. The summed E-state index contributed by atoms with van der Waals surface area (Å²) in [5.74, 6) is 0.836. The van der Waals surface area contributed by atoms with Gasteiger partial charge in [-0.05, 0) is 73.6 Å². The highest BCUT2D eigenvalue weighted by molar-refractivity contribution is 5.78. The number of rotatable bonds is 4. The van der Waals surface area contributed by atoms with E-state index in [0.29, 0.717) is 38.4 Å². The Hall–Kier alpha value is -3.33. The normalized spacial score (nSPS) is 18.0. The summed E-state index contributed by atoms with van der Waals surface area (Å²) in [5.41, 5.74) is 6.16. The summed E-state index contributed by atoms with van der Waals surface area (Å²) in [4.78, 5) is 20.5. The minimum Gasteiger partial charge on any atom is -0.381 e. The molecular formula is C29H33F2N5O2. The Morgan fingerprint density at radius 3 is 2.68 bits per heavy atom. The van der Waals surface area contributed by atoms with Crippen molar-refractivity contribution in [2.24, 2.45) is 0 Å². The van der Waals surface area contributed by atoms with Crippen LogP contribution in [0.4, 0.5) is 20.3 Å². The fraction of sp³-hybridized carbons (Fsp3) is 0.483. The van der Waals surface area contributed by atoms with Crippen molar-refractivity contribution in [2.75, 3.05) is 31.2 Å². The second kappa shape index (κ2) is 10.1. The summed E-state index contributed by atoms with van der Waals surface area (Å²) in [6.45, 7) is 6.73. The molecule has 6 rings (SSSR count). The summed E-state index contributed by atoms with van der Waals surface area (Å²) in [5, 5.41) is 5.15. The molecule has 9 heteroatoms. The first-order chi connectivity index (χ1) is 18.4. The van der Waals surface area contributed by atoms with Crippen molar-refractivity contribution in [2.45, 2.75) is 65.0 Å². The molecule has 5 heterocycles. The van der Waals surface area contributed by atoms with Crippen molar-refractivity contribution in [1.29, 1.82) is 0 Å². The number of carbonyl (C=O) groups excluding carboxylic acids is 1. The standard InChI is InChI=1S/C29H33F2N5O2/c1-18-14-20(5-9-32-18)23-15-21-4-3-10-35(27(21)16-24(23)28(30)31)29-25-17-34(19(2)37)11-6-26(25)36(33-29)22-7-12-38-13-8-22/h5,9,14-16,22,28H,3-4,6-8,10-13,17H2,1-2H3. The van der Waals surface area contributed by atoms with Crippen LogP contribution < -0.4 is 4.90 Å². The number of fused-ring (bicyclic) bond motifs is 2. The van der Waals surface area contributed by atoms with Gasteiger partial charge < -0.3 is 14.5 Å². The third kappa shape index (κ3) is 4.46. The minimum absolute atomic E-state index is 0.0179. The highest BCUT2D eigenvalue weighted by Gasteiger charge is 2.34. The van der Waals surface area contributed by atoms with Crippen LogP contribution in [0, 0.1) is 6.92 Å². The molecule has 7 nitrogen and oxygen atoms in total. The zero-order chi connectivity index (χ0) is 26.4. The molecule has 0 spiro atoms. The first-order valence-electron chi connectivity index (χ1n) is 13.5. The largest absolute Gasteiger partial charge is 0.381 e. The van der Waals surface area contributed by atoms with Gasteiger partial charge in [0.25, 0.3) is 6.43 Å². The maximum Gasteiger partial charge on any atom is 0.264 e. The molecule has 1 fully saturated rings. The van der Waals surface area contributed by atoms with E-state index in [1.807, 2.05) is 24.0 Å². The molecule has 0 unspecified atom stereocenters. The maximum atomic E-state index is 14.5. The lowest BCUT2D eigenvalue weighted by atomic mass is 9.92. The van der Waals surface area contributed by atoms with Crippen LogP contribution in [0.3, 0.4) is 0 Å². The number of pyridine rings is 1. The van der Waals surface area contributed by atoms with E-state index >= 15 is 0 Å². The summed E-state index contributed by atoms with van der Waals surface area (Å²) in [6.07, 6.45) is 3.29. The molecule has 0 bridgehead atoms. The van der Waals surface area contributed by atoms with Crippen molar-refractivity contribution >= 4 is 17.4 Å². The van der Waals surface area contributed by atoms with Crippen LogP contribution in [0.5, 0.6) is 0 Å². The summed E-state index contributed by atoms with van der Waals surface area (Å²) in [7, 11) is 0. The fourth-order valence-corrected chi connectivity index (χ4v) is 6.16. The maximum absolute atomic E-state index is 14.5. The van der Waals surface area contributed by atoms with E-state index in [-0.39, 0.29) is 17.5 Å². The monoisotopic (exact) mass is 521 g/mol. The lowest BCUT2D eigenvalue weighted by Crippen LogP contribution is -2.36. The van der Waals surface area contributed by atoms with Crippen molar-refractivity contribution in [3.05, 3.63) is 58.5 Å². The molecule has 1 saturated heterocycles. The second-order valence-corrected chi connectivity index (χ2v) is 10.5. The molecule has 0 atom stereocenters. The van der Waals surface area contributed by atoms with Crippen LogP contribution in [0.15, 0.2) is 30.5 Å². The predicted molar refractivity (Wildman–Crippen MR) is 141 cm³/mol. The predicted octanol–water partition coefficient (Wildman–Crippen LogP) is 5.53. The van der Waals surface area contributed by atoms with Gasteiger partial charge in [0, 0.05) is 74.0 Å². The number of halogens is 2. The van der Waals surface area contributed by atoms with Gasteiger partial charge in [-0.3, -0.25) is 14.5 Å². The molecule has 0 aliphatic carbocycles. The Morgan fingerprint density at radius 1 is 1.13 bits per heavy atom. The average molecular weight is 522 g/mol. The highest BCUT2D eigenvalue weighted by Crippen LogP contribution is 2.43. The van der Waals surface area contributed by atoms with Gasteiger partial charge in [0.1, 0.15) is 0 Å². The minimum atomic E-state index is -2.62. The van der Waals surface area contributed by atoms with Gasteiger partial charge in [-0.15, -0.1) is 0 Å². The van der Waals surface area contributed by atoms with Gasteiger partial charge in [0.05, 0.1) is 12.6 Å². The van der Waals surface area contributed by atoms with E-state index in [0.717, 1.165) is 71.7 Å². The lowest BCUT2D eigenvalue weighted by molar-refractivity contribution is -0.129. The number of nitrogens with zero attached hydrogens (tertiary/aromatic N) is 5. The van der Waals surface area contributed by atoms with Crippen LogP contribution in [-0.2, 0) is 28.9 Å². The van der Waals surface area contributed by atoms with E-state index in [9.17, 15) is 13.6 Å². The van der Waals surface area contributed by atoms with E-state index in [1.54, 1.807) is 25.3 Å². The van der Waals surface area contributed by atoms with Gasteiger partial charge >= 0.3 is 0 Å². The number of hydrogen-bond acceptors (Lipinski definition) is 5. The molecular weight excluding hydrogens is 488 g/mol. The molecule has 0 radical (unpaired) electrons. The van der Waals surface area contributed by atoms with Gasteiger partial charge in [-0.1, -0.05) is 0 Å². The average Bonchev–Trinajstić information content (AvgIpc) is 3.31. The van der Waals surface area contributed by atoms with Crippen LogP contribution in [0.2, 0.25) is 0 Å². The molecule has 1 aromatic carbocycles. The molecule has 3 aliphatic heterocycles. The smallest absolute Gasteiger partial charge is 0.264 e. The summed E-state index contributed by atoms with van der Waals surface area (Å²) >= 11 is 0.